The molecule has 0 bridgehead atoms. The van der Waals surface area contributed by atoms with Crippen LogP contribution in [0.2, 0.25) is 5.02 Å². The maximum Gasteiger partial charge on any atom is 0.221 e. The second-order valence-corrected chi connectivity index (χ2v) is 8.93. The minimum Gasteiger partial charge on any atom is -0.497 e. The van der Waals surface area contributed by atoms with Crippen molar-refractivity contribution in [3.8, 4) is 17.1 Å². The van der Waals surface area contributed by atoms with Gasteiger partial charge in [-0.05, 0) is 47.5 Å². The maximum atomic E-state index is 12.8. The van der Waals surface area contributed by atoms with Crippen LogP contribution >= 0.6 is 23.4 Å². The largest absolute Gasteiger partial charge is 0.497 e. The zero-order chi connectivity index (χ0) is 23.0. The van der Waals surface area contributed by atoms with E-state index in [1.165, 1.54) is 11.8 Å². The predicted octanol–water partition coefficient (Wildman–Crippen LogP) is 5.67. The Morgan fingerprint density at radius 1 is 1.06 bits per heavy atom. The van der Waals surface area contributed by atoms with E-state index in [4.69, 9.17) is 16.3 Å². The third kappa shape index (κ3) is 6.37. The van der Waals surface area contributed by atoms with E-state index < -0.39 is 0 Å². The van der Waals surface area contributed by atoms with Crippen molar-refractivity contribution >= 4 is 29.3 Å². The Morgan fingerprint density at radius 3 is 2.48 bits per heavy atom. The van der Waals surface area contributed by atoms with Crippen molar-refractivity contribution in [2.75, 3.05) is 7.11 Å². The van der Waals surface area contributed by atoms with E-state index in [1.807, 2.05) is 78.9 Å². The van der Waals surface area contributed by atoms with Crippen molar-refractivity contribution in [3.05, 3.63) is 95.0 Å². The highest BCUT2D eigenvalue weighted by Gasteiger charge is 2.20. The zero-order valence-electron chi connectivity index (χ0n) is 18.0. The number of nitrogens with one attached hydrogen (secondary N) is 2. The lowest BCUT2D eigenvalue weighted by molar-refractivity contribution is -0.121. The summed E-state index contributed by atoms with van der Waals surface area (Å²) in [6.07, 6.45) is 0.286. The molecule has 33 heavy (non-hydrogen) atoms. The molecule has 1 aromatic heterocycles. The molecule has 168 valence electrons. The van der Waals surface area contributed by atoms with Gasteiger partial charge >= 0.3 is 0 Å². The molecule has 0 saturated heterocycles. The summed E-state index contributed by atoms with van der Waals surface area (Å²) in [6.45, 7) is 0.487. The molecule has 0 aliphatic heterocycles. The van der Waals surface area contributed by atoms with Gasteiger partial charge in [0.1, 0.15) is 5.75 Å². The molecule has 0 unspecified atom stereocenters. The van der Waals surface area contributed by atoms with Crippen LogP contribution in [0, 0.1) is 0 Å². The third-order valence-electron chi connectivity index (χ3n) is 5.02. The van der Waals surface area contributed by atoms with Crippen LogP contribution < -0.4 is 10.1 Å². The molecule has 0 radical (unpaired) electrons. The number of thioether (sulfide) groups is 1. The number of nitrogens with zero attached hydrogens (tertiary/aromatic N) is 2. The normalized spacial score (nSPS) is 11.7. The highest BCUT2D eigenvalue weighted by molar-refractivity contribution is 7.99. The number of methoxy groups -OCH3 is 1. The first-order valence-electron chi connectivity index (χ1n) is 10.4. The average molecular weight is 479 g/mol. The molecule has 0 aliphatic carbocycles. The predicted molar refractivity (Wildman–Crippen MR) is 131 cm³/mol. The SMILES string of the molecule is COc1ccc([C@@H](CC(=O)NCc2ccccc2)Sc2n[nH]c(-c3ccc(Cl)cc3)n2)cc1. The van der Waals surface area contributed by atoms with E-state index >= 15 is 0 Å². The number of ether oxygens (including phenoxy) is 1. The van der Waals surface area contributed by atoms with E-state index in [2.05, 4.69) is 20.5 Å². The van der Waals surface area contributed by atoms with E-state index in [1.54, 1.807) is 7.11 Å². The molecule has 1 heterocycles. The van der Waals surface area contributed by atoms with Gasteiger partial charge < -0.3 is 10.1 Å². The van der Waals surface area contributed by atoms with Crippen LogP contribution in [0.15, 0.2) is 84.0 Å². The number of carbonyl (C=O) groups is 1. The Hall–Kier alpha value is -3.29. The summed E-state index contributed by atoms with van der Waals surface area (Å²) >= 11 is 7.42. The molecule has 0 saturated carbocycles. The van der Waals surface area contributed by atoms with Gasteiger partial charge in [0.2, 0.25) is 11.1 Å². The van der Waals surface area contributed by atoms with Crippen molar-refractivity contribution in [1.29, 1.82) is 0 Å². The topological polar surface area (TPSA) is 79.9 Å². The molecule has 1 atom stereocenters. The first-order valence-corrected chi connectivity index (χ1v) is 11.7. The van der Waals surface area contributed by atoms with Crippen molar-refractivity contribution in [2.24, 2.45) is 0 Å². The van der Waals surface area contributed by atoms with Gasteiger partial charge in [-0.2, -0.15) is 0 Å². The fraction of sp³-hybridized carbons (Fsp3) is 0.160. The summed E-state index contributed by atoms with van der Waals surface area (Å²) in [6, 6.07) is 24.9. The number of rotatable bonds is 9. The lowest BCUT2D eigenvalue weighted by atomic mass is 10.1. The van der Waals surface area contributed by atoms with Gasteiger partial charge in [-0.15, -0.1) is 5.10 Å². The van der Waals surface area contributed by atoms with Gasteiger partial charge in [0.05, 0.1) is 7.11 Å². The number of benzene rings is 3. The second kappa shape index (κ2) is 11.0. The van der Waals surface area contributed by atoms with E-state index in [0.717, 1.165) is 22.4 Å². The third-order valence-corrected chi connectivity index (χ3v) is 6.39. The van der Waals surface area contributed by atoms with E-state index in [0.29, 0.717) is 22.5 Å². The Labute approximate surface area is 201 Å². The van der Waals surface area contributed by atoms with Crippen LogP contribution in [0.1, 0.15) is 22.8 Å². The first-order chi connectivity index (χ1) is 16.1. The Balaban J connectivity index is 1.48. The van der Waals surface area contributed by atoms with Crippen molar-refractivity contribution < 1.29 is 9.53 Å². The van der Waals surface area contributed by atoms with Crippen LogP contribution in [-0.4, -0.2) is 28.2 Å². The molecule has 1 amide bonds. The lowest BCUT2D eigenvalue weighted by Gasteiger charge is -2.16. The van der Waals surface area contributed by atoms with Crippen LogP contribution in [0.25, 0.3) is 11.4 Å². The van der Waals surface area contributed by atoms with Gasteiger partial charge in [-0.25, -0.2) is 4.98 Å². The standard InChI is InChI=1S/C25H23ClN4O2S/c1-32-21-13-9-18(10-14-21)22(15-23(31)27-16-17-5-3-2-4-6-17)33-25-28-24(29-30-25)19-7-11-20(26)12-8-19/h2-14,22H,15-16H2,1H3,(H,27,31)(H,28,29,30)/t22-/m1/s1. The molecule has 0 fully saturated rings. The summed E-state index contributed by atoms with van der Waals surface area (Å²) in [5.74, 6) is 1.37. The number of hydrogen-bond acceptors (Lipinski definition) is 5. The maximum absolute atomic E-state index is 12.8. The van der Waals surface area contributed by atoms with Crippen LogP contribution in [0.3, 0.4) is 0 Å². The van der Waals surface area contributed by atoms with Crippen molar-refractivity contribution in [2.45, 2.75) is 23.4 Å². The molecule has 4 rings (SSSR count). The molecule has 8 heteroatoms. The quantitative estimate of drug-likeness (QED) is 0.303. The highest BCUT2D eigenvalue weighted by Crippen LogP contribution is 2.37. The molecular weight excluding hydrogens is 456 g/mol. The van der Waals surface area contributed by atoms with Crippen LogP contribution in [-0.2, 0) is 11.3 Å². The van der Waals surface area contributed by atoms with Gasteiger partial charge in [0.25, 0.3) is 0 Å². The molecule has 0 aliphatic rings. The summed E-state index contributed by atoms with van der Waals surface area (Å²) in [7, 11) is 1.63. The fourth-order valence-electron chi connectivity index (χ4n) is 3.25. The van der Waals surface area contributed by atoms with Crippen molar-refractivity contribution in [3.63, 3.8) is 0 Å². The summed E-state index contributed by atoms with van der Waals surface area (Å²) in [5, 5.41) is 11.4. The number of amides is 1. The average Bonchev–Trinajstić information content (AvgIpc) is 3.32. The molecule has 3 aromatic carbocycles. The van der Waals surface area contributed by atoms with E-state index in [9.17, 15) is 4.79 Å². The van der Waals surface area contributed by atoms with E-state index in [-0.39, 0.29) is 17.6 Å². The van der Waals surface area contributed by atoms with Gasteiger partial charge in [0.15, 0.2) is 5.82 Å². The van der Waals surface area contributed by atoms with Gasteiger partial charge in [-0.3, -0.25) is 9.89 Å². The van der Waals surface area contributed by atoms with Crippen LogP contribution in [0.5, 0.6) is 5.75 Å². The van der Waals surface area contributed by atoms with Gasteiger partial charge in [0, 0.05) is 28.8 Å². The molecule has 4 aromatic rings. The second-order valence-electron chi connectivity index (χ2n) is 7.32. The van der Waals surface area contributed by atoms with Crippen molar-refractivity contribution in [1.82, 2.24) is 20.5 Å². The summed E-state index contributed by atoms with van der Waals surface area (Å²) in [4.78, 5) is 17.4. The highest BCUT2D eigenvalue weighted by atomic mass is 35.5. The Bertz CT molecular complexity index is 1180. The summed E-state index contributed by atoms with van der Waals surface area (Å²) in [5.41, 5.74) is 2.94. The molecular formula is C25H23ClN4O2S. The lowest BCUT2D eigenvalue weighted by Crippen LogP contribution is -2.24. The Morgan fingerprint density at radius 2 is 1.79 bits per heavy atom. The van der Waals surface area contributed by atoms with Gasteiger partial charge in [-0.1, -0.05) is 65.8 Å². The number of carbonyl (C=O) groups excluding carboxylic acids is 1. The number of H-pyrrole nitrogens is 1. The fourth-order valence-corrected chi connectivity index (χ4v) is 4.40. The molecule has 6 nitrogen and oxygen atoms in total. The summed E-state index contributed by atoms with van der Waals surface area (Å²) < 4.78 is 5.27. The smallest absolute Gasteiger partial charge is 0.221 e. The minimum absolute atomic E-state index is 0.0411. The Kier molecular flexibility index (Phi) is 7.65. The number of hydrogen-bond donors (Lipinski definition) is 2. The number of aromatic amines is 1. The monoisotopic (exact) mass is 478 g/mol. The van der Waals surface area contributed by atoms with Crippen LogP contribution in [0.4, 0.5) is 0 Å². The molecule has 2 N–H and O–H groups in total. The minimum atomic E-state index is -0.166. The zero-order valence-corrected chi connectivity index (χ0v) is 19.6. The number of aromatic nitrogens is 3. The first kappa shape index (κ1) is 22.9. The number of halogens is 1. The molecule has 0 spiro atoms.